The van der Waals surface area contributed by atoms with Crippen LogP contribution in [-0.4, -0.2) is 17.2 Å². The lowest BCUT2D eigenvalue weighted by Gasteiger charge is -2.18. The van der Waals surface area contributed by atoms with Crippen molar-refractivity contribution in [3.8, 4) is 0 Å². The summed E-state index contributed by atoms with van der Waals surface area (Å²) in [5.74, 6) is 0. The van der Waals surface area contributed by atoms with Crippen molar-refractivity contribution in [3.05, 3.63) is 64.2 Å². The Balaban J connectivity index is 1.73. The summed E-state index contributed by atoms with van der Waals surface area (Å²) in [6, 6.07) is 12.4. The third-order valence-electron chi connectivity index (χ3n) is 3.86. The number of aryl methyl sites for hydroxylation is 1. The average Bonchev–Trinajstić information content (AvgIpc) is 2.79. The van der Waals surface area contributed by atoms with Gasteiger partial charge in [-0.2, -0.15) is 0 Å². The molecule has 114 valence electrons. The van der Waals surface area contributed by atoms with Gasteiger partial charge in [0.05, 0.1) is 22.9 Å². The topological polar surface area (TPSA) is 61.4 Å². The zero-order valence-corrected chi connectivity index (χ0v) is 12.9. The Bertz CT molecular complexity index is 718. The molecule has 4 nitrogen and oxygen atoms in total. The van der Waals surface area contributed by atoms with Crippen LogP contribution in [0.1, 0.15) is 22.7 Å². The summed E-state index contributed by atoms with van der Waals surface area (Å²) in [7, 11) is 0. The molecule has 0 spiro atoms. The van der Waals surface area contributed by atoms with Crippen molar-refractivity contribution >= 4 is 23.3 Å². The monoisotopic (exact) mass is 316 g/mol. The van der Waals surface area contributed by atoms with E-state index in [1.165, 1.54) is 0 Å². The molecule has 5 heteroatoms. The first-order valence-corrected chi connectivity index (χ1v) is 7.52. The van der Waals surface area contributed by atoms with Gasteiger partial charge < -0.3 is 15.7 Å². The Labute approximate surface area is 134 Å². The Morgan fingerprint density at radius 2 is 2.05 bits per heavy atom. The first kappa shape index (κ1) is 14.9. The minimum Gasteiger partial charge on any atom is -0.390 e. The minimum absolute atomic E-state index is 0.381. The lowest BCUT2D eigenvalue weighted by molar-refractivity contribution is 0.144. The van der Waals surface area contributed by atoms with E-state index in [2.05, 4.69) is 10.6 Å². The molecule has 2 amide bonds. The number of benzene rings is 2. The maximum atomic E-state index is 12.2. The molecule has 0 saturated heterocycles. The van der Waals surface area contributed by atoms with Crippen molar-refractivity contribution in [3.63, 3.8) is 0 Å². The number of carbonyl (C=O) groups excluding carboxylic acids is 1. The van der Waals surface area contributed by atoms with Crippen LogP contribution in [-0.2, 0) is 6.42 Å². The van der Waals surface area contributed by atoms with Gasteiger partial charge in [-0.1, -0.05) is 41.9 Å². The molecule has 3 N–H and O–H groups in total. The molecule has 2 atom stereocenters. The van der Waals surface area contributed by atoms with Gasteiger partial charge in [0, 0.05) is 6.42 Å². The quantitative estimate of drug-likeness (QED) is 0.795. The standard InChI is InChI=1S/C17H17ClN2O2/c1-10-6-7-13(18)14(8-10)19-17(22)20-16-12-5-3-2-4-11(12)9-15(16)21/h2-8,15-16,21H,9H2,1H3,(H2,19,20,22)/t15-,16+/m1/s1. The Hall–Kier alpha value is -2.04. The number of aliphatic hydroxyl groups is 1. The van der Waals surface area contributed by atoms with E-state index in [9.17, 15) is 9.90 Å². The summed E-state index contributed by atoms with van der Waals surface area (Å²) in [5.41, 5.74) is 3.58. The van der Waals surface area contributed by atoms with E-state index in [0.29, 0.717) is 17.1 Å². The summed E-state index contributed by atoms with van der Waals surface area (Å²) in [6.45, 7) is 1.93. The summed E-state index contributed by atoms with van der Waals surface area (Å²) in [5, 5.41) is 16.2. The summed E-state index contributed by atoms with van der Waals surface area (Å²) in [4.78, 5) is 12.2. The van der Waals surface area contributed by atoms with E-state index in [4.69, 9.17) is 11.6 Å². The highest BCUT2D eigenvalue weighted by molar-refractivity contribution is 6.33. The normalized spacial score (nSPS) is 19.6. The van der Waals surface area contributed by atoms with E-state index in [1.54, 1.807) is 12.1 Å². The third-order valence-corrected chi connectivity index (χ3v) is 4.19. The Morgan fingerprint density at radius 1 is 1.27 bits per heavy atom. The highest BCUT2D eigenvalue weighted by atomic mass is 35.5. The predicted molar refractivity (Wildman–Crippen MR) is 87.2 cm³/mol. The maximum absolute atomic E-state index is 12.2. The van der Waals surface area contributed by atoms with E-state index in [-0.39, 0.29) is 6.03 Å². The van der Waals surface area contributed by atoms with Crippen molar-refractivity contribution in [2.24, 2.45) is 0 Å². The van der Waals surface area contributed by atoms with Crippen LogP contribution in [0.3, 0.4) is 0 Å². The van der Waals surface area contributed by atoms with Gasteiger partial charge in [0.2, 0.25) is 0 Å². The third kappa shape index (κ3) is 2.93. The second-order valence-corrected chi connectivity index (χ2v) is 5.94. The number of urea groups is 1. The van der Waals surface area contributed by atoms with Crippen LogP contribution >= 0.6 is 11.6 Å². The molecule has 2 aromatic carbocycles. The van der Waals surface area contributed by atoms with Crippen molar-refractivity contribution in [1.82, 2.24) is 5.32 Å². The number of fused-ring (bicyclic) bond motifs is 1. The van der Waals surface area contributed by atoms with Gasteiger partial charge in [-0.05, 0) is 35.7 Å². The Morgan fingerprint density at radius 3 is 2.86 bits per heavy atom. The molecule has 0 bridgehead atoms. The van der Waals surface area contributed by atoms with Gasteiger partial charge in [-0.15, -0.1) is 0 Å². The van der Waals surface area contributed by atoms with Crippen molar-refractivity contribution in [1.29, 1.82) is 0 Å². The molecule has 0 aliphatic heterocycles. The lowest BCUT2D eigenvalue weighted by Crippen LogP contribution is -2.36. The first-order chi connectivity index (χ1) is 10.5. The number of hydrogen-bond acceptors (Lipinski definition) is 2. The molecule has 0 saturated carbocycles. The van der Waals surface area contributed by atoms with Gasteiger partial charge in [0.15, 0.2) is 0 Å². The molecule has 0 unspecified atom stereocenters. The summed E-state index contributed by atoms with van der Waals surface area (Å²) < 4.78 is 0. The average molecular weight is 317 g/mol. The van der Waals surface area contributed by atoms with Crippen molar-refractivity contribution in [2.45, 2.75) is 25.5 Å². The number of rotatable bonds is 2. The summed E-state index contributed by atoms with van der Waals surface area (Å²) in [6.07, 6.45) is -0.0668. The largest absolute Gasteiger partial charge is 0.390 e. The van der Waals surface area contributed by atoms with Crippen molar-refractivity contribution in [2.75, 3.05) is 5.32 Å². The fourth-order valence-corrected chi connectivity index (χ4v) is 2.95. The number of carbonyl (C=O) groups is 1. The molecule has 1 aliphatic rings. The van der Waals surface area contributed by atoms with E-state index in [0.717, 1.165) is 16.7 Å². The highest BCUT2D eigenvalue weighted by Gasteiger charge is 2.31. The van der Waals surface area contributed by atoms with Gasteiger partial charge >= 0.3 is 6.03 Å². The lowest BCUT2D eigenvalue weighted by atomic mass is 10.1. The number of halogens is 1. The molecular formula is C17H17ClN2O2. The second kappa shape index (κ2) is 5.99. The molecule has 3 rings (SSSR count). The van der Waals surface area contributed by atoms with Gasteiger partial charge in [-0.25, -0.2) is 4.79 Å². The number of aliphatic hydroxyl groups excluding tert-OH is 1. The van der Waals surface area contributed by atoms with E-state index >= 15 is 0 Å². The first-order valence-electron chi connectivity index (χ1n) is 7.14. The minimum atomic E-state index is -0.615. The number of anilines is 1. The van der Waals surface area contributed by atoms with Crippen LogP contribution in [0.25, 0.3) is 0 Å². The molecule has 2 aromatic rings. The number of amides is 2. The Kier molecular flexibility index (Phi) is 4.05. The van der Waals surface area contributed by atoms with Gasteiger partial charge in [0.25, 0.3) is 0 Å². The fourth-order valence-electron chi connectivity index (χ4n) is 2.78. The maximum Gasteiger partial charge on any atom is 0.319 e. The van der Waals surface area contributed by atoms with Gasteiger partial charge in [-0.3, -0.25) is 0 Å². The second-order valence-electron chi connectivity index (χ2n) is 5.53. The summed E-state index contributed by atoms with van der Waals surface area (Å²) >= 11 is 6.07. The van der Waals surface area contributed by atoms with Crippen LogP contribution < -0.4 is 10.6 Å². The SMILES string of the molecule is Cc1ccc(Cl)c(NC(=O)N[C@H]2c3ccccc3C[C@H]2O)c1. The predicted octanol–water partition coefficient (Wildman–Crippen LogP) is 3.43. The van der Waals surface area contributed by atoms with Crippen molar-refractivity contribution < 1.29 is 9.90 Å². The molecule has 0 aromatic heterocycles. The van der Waals surface area contributed by atoms with E-state index in [1.807, 2.05) is 37.3 Å². The van der Waals surface area contributed by atoms with Crippen LogP contribution in [0.2, 0.25) is 5.02 Å². The molecule has 22 heavy (non-hydrogen) atoms. The van der Waals surface area contributed by atoms with Crippen LogP contribution in [0.15, 0.2) is 42.5 Å². The zero-order chi connectivity index (χ0) is 15.7. The van der Waals surface area contributed by atoms with Crippen LogP contribution in [0.5, 0.6) is 0 Å². The number of hydrogen-bond donors (Lipinski definition) is 3. The number of nitrogens with one attached hydrogen (secondary N) is 2. The molecule has 0 radical (unpaired) electrons. The molecular weight excluding hydrogens is 300 g/mol. The zero-order valence-electron chi connectivity index (χ0n) is 12.1. The molecule has 1 aliphatic carbocycles. The molecule has 0 heterocycles. The van der Waals surface area contributed by atoms with Gasteiger partial charge in [0.1, 0.15) is 0 Å². The van der Waals surface area contributed by atoms with E-state index < -0.39 is 12.1 Å². The highest BCUT2D eigenvalue weighted by Crippen LogP contribution is 2.31. The van der Waals surface area contributed by atoms with Crippen LogP contribution in [0.4, 0.5) is 10.5 Å². The van der Waals surface area contributed by atoms with Crippen LogP contribution in [0, 0.1) is 6.92 Å². The fraction of sp³-hybridized carbons (Fsp3) is 0.235. The molecule has 0 fully saturated rings. The smallest absolute Gasteiger partial charge is 0.319 e.